The SMILES string of the molecule is Cc1cc(C)cc(N(CCNC(=O)c2ccc3c(c2)OCO3)S(C)(=O)=O)c1. The average molecular weight is 390 g/mol. The van der Waals surface area contributed by atoms with Crippen molar-refractivity contribution in [2.24, 2.45) is 0 Å². The molecule has 1 N–H and O–H groups in total. The number of amides is 1. The number of fused-ring (bicyclic) bond motifs is 1. The molecule has 0 unspecified atom stereocenters. The van der Waals surface area contributed by atoms with Crippen LogP contribution in [0.4, 0.5) is 5.69 Å². The Bertz CT molecular complexity index is 952. The van der Waals surface area contributed by atoms with Gasteiger partial charge in [0.25, 0.3) is 5.91 Å². The number of nitrogens with one attached hydrogen (secondary N) is 1. The Morgan fingerprint density at radius 3 is 2.41 bits per heavy atom. The Labute approximate surface area is 158 Å². The van der Waals surface area contributed by atoms with Gasteiger partial charge in [-0.25, -0.2) is 8.42 Å². The second-order valence-electron chi connectivity index (χ2n) is 6.50. The second kappa shape index (κ2) is 7.48. The number of hydrogen-bond acceptors (Lipinski definition) is 5. The lowest BCUT2D eigenvalue weighted by atomic mass is 10.1. The van der Waals surface area contributed by atoms with Gasteiger partial charge in [-0.3, -0.25) is 9.10 Å². The summed E-state index contributed by atoms with van der Waals surface area (Å²) in [5, 5.41) is 2.75. The van der Waals surface area contributed by atoms with Gasteiger partial charge in [-0.2, -0.15) is 0 Å². The molecule has 0 atom stereocenters. The number of carbonyl (C=O) groups excluding carboxylic acids is 1. The Hall–Kier alpha value is -2.74. The average Bonchev–Trinajstić information content (AvgIpc) is 3.04. The van der Waals surface area contributed by atoms with Crippen molar-refractivity contribution in [2.45, 2.75) is 13.8 Å². The summed E-state index contributed by atoms with van der Waals surface area (Å²) in [4.78, 5) is 12.3. The second-order valence-corrected chi connectivity index (χ2v) is 8.41. The summed E-state index contributed by atoms with van der Waals surface area (Å²) in [6.07, 6.45) is 1.16. The molecule has 2 aromatic rings. The van der Waals surface area contributed by atoms with E-state index in [0.717, 1.165) is 17.4 Å². The molecule has 144 valence electrons. The Morgan fingerprint density at radius 1 is 1.07 bits per heavy atom. The van der Waals surface area contributed by atoms with E-state index < -0.39 is 10.0 Å². The molecule has 8 heteroatoms. The van der Waals surface area contributed by atoms with Gasteiger partial charge in [-0.05, 0) is 55.3 Å². The van der Waals surface area contributed by atoms with Crippen molar-refractivity contribution in [3.63, 3.8) is 0 Å². The van der Waals surface area contributed by atoms with Crippen LogP contribution in [0.3, 0.4) is 0 Å². The van der Waals surface area contributed by atoms with Crippen LogP contribution in [-0.2, 0) is 10.0 Å². The fourth-order valence-electron chi connectivity index (χ4n) is 2.99. The van der Waals surface area contributed by atoms with Gasteiger partial charge in [0, 0.05) is 12.1 Å². The molecule has 0 aliphatic carbocycles. The molecule has 0 saturated carbocycles. The first-order chi connectivity index (χ1) is 12.7. The van der Waals surface area contributed by atoms with Crippen molar-refractivity contribution < 1.29 is 22.7 Å². The fraction of sp³-hybridized carbons (Fsp3) is 0.316. The van der Waals surface area contributed by atoms with E-state index in [1.807, 2.05) is 32.0 Å². The van der Waals surface area contributed by atoms with Gasteiger partial charge in [-0.15, -0.1) is 0 Å². The number of carbonyl (C=O) groups is 1. The predicted molar refractivity (Wildman–Crippen MR) is 103 cm³/mol. The smallest absolute Gasteiger partial charge is 0.251 e. The highest BCUT2D eigenvalue weighted by Gasteiger charge is 2.19. The number of rotatable bonds is 6. The van der Waals surface area contributed by atoms with E-state index in [0.29, 0.717) is 22.7 Å². The van der Waals surface area contributed by atoms with Crippen LogP contribution in [0.2, 0.25) is 0 Å². The molecule has 1 amide bonds. The molecule has 0 bridgehead atoms. The molecular weight excluding hydrogens is 368 g/mol. The third-order valence-electron chi connectivity index (χ3n) is 4.13. The molecule has 1 heterocycles. The molecule has 1 aliphatic rings. The Balaban J connectivity index is 1.68. The normalized spacial score (nSPS) is 12.7. The van der Waals surface area contributed by atoms with Gasteiger partial charge in [-0.1, -0.05) is 6.07 Å². The number of nitrogens with zero attached hydrogens (tertiary/aromatic N) is 1. The van der Waals surface area contributed by atoms with Crippen molar-refractivity contribution in [2.75, 3.05) is 30.4 Å². The highest BCUT2D eigenvalue weighted by atomic mass is 32.2. The molecule has 0 fully saturated rings. The minimum absolute atomic E-state index is 0.137. The van der Waals surface area contributed by atoms with Crippen LogP contribution in [0.1, 0.15) is 21.5 Å². The molecule has 2 aromatic carbocycles. The number of benzene rings is 2. The molecule has 0 saturated heterocycles. The Kier molecular flexibility index (Phi) is 5.27. The molecule has 0 spiro atoms. The molecule has 3 rings (SSSR count). The minimum Gasteiger partial charge on any atom is -0.454 e. The quantitative estimate of drug-likeness (QED) is 0.818. The zero-order chi connectivity index (χ0) is 19.6. The summed E-state index contributed by atoms with van der Waals surface area (Å²) < 4.78 is 36.2. The number of anilines is 1. The highest BCUT2D eigenvalue weighted by molar-refractivity contribution is 7.92. The predicted octanol–water partition coefficient (Wildman–Crippen LogP) is 2.23. The topological polar surface area (TPSA) is 84.9 Å². The number of hydrogen-bond donors (Lipinski definition) is 1. The molecule has 0 radical (unpaired) electrons. The summed E-state index contributed by atoms with van der Waals surface area (Å²) in [6, 6.07) is 10.5. The monoisotopic (exact) mass is 390 g/mol. The lowest BCUT2D eigenvalue weighted by Gasteiger charge is -2.23. The first kappa shape index (κ1) is 19.0. The van der Waals surface area contributed by atoms with E-state index in [1.54, 1.807) is 18.2 Å². The summed E-state index contributed by atoms with van der Waals surface area (Å²) >= 11 is 0. The summed E-state index contributed by atoms with van der Waals surface area (Å²) in [7, 11) is -3.48. The van der Waals surface area contributed by atoms with Crippen molar-refractivity contribution in [3.8, 4) is 11.5 Å². The minimum atomic E-state index is -3.48. The number of aryl methyl sites for hydroxylation is 2. The van der Waals surface area contributed by atoms with Crippen LogP contribution >= 0.6 is 0 Å². The van der Waals surface area contributed by atoms with Gasteiger partial charge in [0.2, 0.25) is 16.8 Å². The molecule has 1 aliphatic heterocycles. The molecular formula is C19H22N2O5S. The lowest BCUT2D eigenvalue weighted by molar-refractivity contribution is 0.0954. The first-order valence-corrected chi connectivity index (χ1v) is 10.3. The van der Waals surface area contributed by atoms with Crippen LogP contribution in [-0.4, -0.2) is 40.5 Å². The van der Waals surface area contributed by atoms with E-state index >= 15 is 0 Å². The van der Waals surface area contributed by atoms with E-state index in [9.17, 15) is 13.2 Å². The van der Waals surface area contributed by atoms with Crippen molar-refractivity contribution >= 4 is 21.6 Å². The lowest BCUT2D eigenvalue weighted by Crippen LogP contribution is -2.38. The van der Waals surface area contributed by atoms with Gasteiger partial charge in [0.05, 0.1) is 18.5 Å². The molecule has 27 heavy (non-hydrogen) atoms. The van der Waals surface area contributed by atoms with Gasteiger partial charge in [0.1, 0.15) is 0 Å². The highest BCUT2D eigenvalue weighted by Crippen LogP contribution is 2.32. The molecule has 0 aromatic heterocycles. The summed E-state index contributed by atoms with van der Waals surface area (Å²) in [5.74, 6) is 0.822. The first-order valence-electron chi connectivity index (χ1n) is 8.48. The summed E-state index contributed by atoms with van der Waals surface area (Å²) in [6.45, 7) is 4.28. The Morgan fingerprint density at radius 2 is 1.74 bits per heavy atom. The van der Waals surface area contributed by atoms with Crippen LogP contribution in [0.25, 0.3) is 0 Å². The third kappa shape index (κ3) is 4.51. The fourth-order valence-corrected chi connectivity index (χ4v) is 3.90. The van der Waals surface area contributed by atoms with Gasteiger partial charge >= 0.3 is 0 Å². The van der Waals surface area contributed by atoms with Gasteiger partial charge in [0.15, 0.2) is 11.5 Å². The van der Waals surface area contributed by atoms with Crippen LogP contribution < -0.4 is 19.1 Å². The maximum atomic E-state index is 12.3. The molecule has 7 nitrogen and oxygen atoms in total. The van der Waals surface area contributed by atoms with Crippen molar-refractivity contribution in [3.05, 3.63) is 53.1 Å². The van der Waals surface area contributed by atoms with E-state index in [1.165, 1.54) is 4.31 Å². The van der Waals surface area contributed by atoms with Crippen LogP contribution in [0.5, 0.6) is 11.5 Å². The van der Waals surface area contributed by atoms with E-state index in [4.69, 9.17) is 9.47 Å². The van der Waals surface area contributed by atoms with E-state index in [-0.39, 0.29) is 25.8 Å². The maximum absolute atomic E-state index is 12.3. The van der Waals surface area contributed by atoms with Crippen LogP contribution in [0.15, 0.2) is 36.4 Å². The third-order valence-corrected chi connectivity index (χ3v) is 5.32. The zero-order valence-electron chi connectivity index (χ0n) is 15.5. The van der Waals surface area contributed by atoms with Gasteiger partial charge < -0.3 is 14.8 Å². The van der Waals surface area contributed by atoms with Crippen LogP contribution in [0, 0.1) is 13.8 Å². The number of sulfonamides is 1. The number of ether oxygens (including phenoxy) is 2. The van der Waals surface area contributed by atoms with Crippen molar-refractivity contribution in [1.82, 2.24) is 5.32 Å². The standard InChI is InChI=1S/C19H22N2O5S/c1-13-8-14(2)10-16(9-13)21(27(3,23)24)7-6-20-19(22)15-4-5-17-18(11-15)26-12-25-17/h4-5,8-11H,6-7,12H2,1-3H3,(H,20,22). The zero-order valence-corrected chi connectivity index (χ0v) is 16.3. The van der Waals surface area contributed by atoms with E-state index in [2.05, 4.69) is 5.32 Å². The summed E-state index contributed by atoms with van der Waals surface area (Å²) in [5.41, 5.74) is 2.97. The van der Waals surface area contributed by atoms with Crippen molar-refractivity contribution in [1.29, 1.82) is 0 Å². The maximum Gasteiger partial charge on any atom is 0.251 e. The largest absolute Gasteiger partial charge is 0.454 e.